The lowest BCUT2D eigenvalue weighted by Gasteiger charge is -2.18. The molecule has 6 heteroatoms. The van der Waals surface area contributed by atoms with Gasteiger partial charge in [0.1, 0.15) is 0 Å². The van der Waals surface area contributed by atoms with E-state index in [2.05, 4.69) is 6.58 Å². The van der Waals surface area contributed by atoms with Crippen molar-refractivity contribution in [1.82, 2.24) is 0 Å². The molecule has 19 heavy (non-hydrogen) atoms. The van der Waals surface area contributed by atoms with Gasteiger partial charge in [0, 0.05) is 5.57 Å². The van der Waals surface area contributed by atoms with Crippen molar-refractivity contribution in [1.29, 1.82) is 0 Å². The van der Waals surface area contributed by atoms with E-state index >= 15 is 0 Å². The van der Waals surface area contributed by atoms with Gasteiger partial charge in [-0.15, -0.1) is 0 Å². The summed E-state index contributed by atoms with van der Waals surface area (Å²) in [6.07, 6.45) is 3.08. The Labute approximate surface area is 115 Å². The summed E-state index contributed by atoms with van der Waals surface area (Å²) >= 11 is 0. The second-order valence-corrected chi connectivity index (χ2v) is 6.32. The predicted molar refractivity (Wildman–Crippen MR) is 75.1 cm³/mol. The fraction of sp³-hybridized carbons (Fsp3) is 0.769. The molecule has 0 rings (SSSR count). The van der Waals surface area contributed by atoms with Gasteiger partial charge in [-0.25, -0.2) is 4.79 Å². The number of rotatable bonds is 11. The van der Waals surface area contributed by atoms with Crippen LogP contribution in [0.1, 0.15) is 46.5 Å². The summed E-state index contributed by atoms with van der Waals surface area (Å²) in [6, 6.07) is 0. The molecular formula is C13H25O5P. The van der Waals surface area contributed by atoms with Crippen molar-refractivity contribution in [2.75, 3.05) is 19.6 Å². The number of carbonyl (C=O) groups is 1. The van der Waals surface area contributed by atoms with Gasteiger partial charge < -0.3 is 13.8 Å². The molecule has 0 unspecified atom stereocenters. The van der Waals surface area contributed by atoms with Gasteiger partial charge in [0.25, 0.3) is 0 Å². The first-order valence-electron chi connectivity index (χ1n) is 6.66. The average Bonchev–Trinajstić information content (AvgIpc) is 2.36. The van der Waals surface area contributed by atoms with E-state index in [0.717, 1.165) is 25.7 Å². The van der Waals surface area contributed by atoms with Crippen molar-refractivity contribution in [2.45, 2.75) is 46.5 Å². The Kier molecular flexibility index (Phi) is 9.84. The van der Waals surface area contributed by atoms with Crippen LogP contribution in [0.4, 0.5) is 0 Å². The second kappa shape index (κ2) is 10.2. The summed E-state index contributed by atoms with van der Waals surface area (Å²) in [5.41, 5.74) is 0.258. The Morgan fingerprint density at radius 2 is 1.58 bits per heavy atom. The summed E-state index contributed by atoms with van der Waals surface area (Å²) in [7, 11) is -3.36. The largest absolute Gasteiger partial charge is 0.449 e. The number of ether oxygens (including phenoxy) is 1. The Morgan fingerprint density at radius 1 is 1.11 bits per heavy atom. The first-order chi connectivity index (χ1) is 8.95. The fourth-order valence-corrected chi connectivity index (χ4v) is 2.38. The van der Waals surface area contributed by atoms with Gasteiger partial charge >= 0.3 is 13.6 Å². The minimum atomic E-state index is -3.36. The van der Waals surface area contributed by atoms with Crippen LogP contribution in [0.3, 0.4) is 0 Å². The van der Waals surface area contributed by atoms with E-state index in [1.165, 1.54) is 6.92 Å². The summed E-state index contributed by atoms with van der Waals surface area (Å²) in [4.78, 5) is 11.3. The number of carbonyl (C=O) groups excluding carboxylic acids is 1. The lowest BCUT2D eigenvalue weighted by atomic mass is 10.4. The molecule has 5 nitrogen and oxygen atoms in total. The molecule has 0 radical (unpaired) electrons. The molecule has 0 aromatic carbocycles. The van der Waals surface area contributed by atoms with E-state index in [1.807, 2.05) is 13.8 Å². The number of unbranched alkanes of at least 4 members (excludes halogenated alkanes) is 2. The van der Waals surface area contributed by atoms with Crippen LogP contribution in [0.25, 0.3) is 0 Å². The third-order valence-corrected chi connectivity index (χ3v) is 3.87. The maximum absolute atomic E-state index is 12.3. The van der Waals surface area contributed by atoms with Crippen molar-refractivity contribution in [3.05, 3.63) is 12.2 Å². The highest BCUT2D eigenvalue weighted by Crippen LogP contribution is 2.48. The maximum Gasteiger partial charge on any atom is 0.367 e. The molecule has 0 aliphatic rings. The minimum Gasteiger partial charge on any atom is -0.449 e. The Bertz CT molecular complexity index is 313. The first kappa shape index (κ1) is 18.4. The zero-order valence-electron chi connectivity index (χ0n) is 12.1. The molecule has 0 heterocycles. The van der Waals surface area contributed by atoms with E-state index < -0.39 is 13.6 Å². The van der Waals surface area contributed by atoms with Crippen LogP contribution >= 0.6 is 7.60 Å². The van der Waals surface area contributed by atoms with Gasteiger partial charge in [-0.1, -0.05) is 33.3 Å². The van der Waals surface area contributed by atoms with Gasteiger partial charge in [0.2, 0.25) is 0 Å². The van der Waals surface area contributed by atoms with Crippen LogP contribution in [0, 0.1) is 0 Å². The van der Waals surface area contributed by atoms with E-state index in [4.69, 9.17) is 13.8 Å². The van der Waals surface area contributed by atoms with Crippen molar-refractivity contribution in [3.63, 3.8) is 0 Å². The summed E-state index contributed by atoms with van der Waals surface area (Å²) < 4.78 is 27.8. The molecule has 0 aromatic heterocycles. The molecule has 0 fully saturated rings. The SMILES string of the molecule is C=C(C)C(=O)OCP(=O)(OCCCC)OCCCC. The molecule has 0 saturated carbocycles. The molecule has 0 spiro atoms. The van der Waals surface area contributed by atoms with Crippen molar-refractivity contribution >= 4 is 13.6 Å². The zero-order chi connectivity index (χ0) is 14.7. The van der Waals surface area contributed by atoms with Crippen LogP contribution in [-0.4, -0.2) is 25.5 Å². The maximum atomic E-state index is 12.3. The van der Waals surface area contributed by atoms with Crippen molar-refractivity contribution in [2.24, 2.45) is 0 Å². The van der Waals surface area contributed by atoms with Crippen LogP contribution in [0.15, 0.2) is 12.2 Å². The van der Waals surface area contributed by atoms with E-state index in [0.29, 0.717) is 13.2 Å². The summed E-state index contributed by atoms with van der Waals surface area (Å²) in [5, 5.41) is 0. The third-order valence-electron chi connectivity index (χ3n) is 2.27. The third kappa shape index (κ3) is 8.98. The van der Waals surface area contributed by atoms with Gasteiger partial charge in [-0.05, 0) is 19.8 Å². The standard InChI is InChI=1S/C13H25O5P/c1-5-7-9-17-19(15,18-10-8-6-2)11-16-13(14)12(3)4/h3,5-11H2,1-2,4H3. The molecule has 0 aliphatic heterocycles. The van der Waals surface area contributed by atoms with Gasteiger partial charge in [-0.3, -0.25) is 4.57 Å². The molecular weight excluding hydrogens is 267 g/mol. The lowest BCUT2D eigenvalue weighted by Crippen LogP contribution is -2.10. The van der Waals surface area contributed by atoms with Crippen molar-refractivity contribution < 1.29 is 23.1 Å². The number of hydrogen-bond donors (Lipinski definition) is 0. The molecule has 0 amide bonds. The molecule has 0 bridgehead atoms. The second-order valence-electron chi connectivity index (χ2n) is 4.33. The predicted octanol–water partition coefficient (Wildman–Crippen LogP) is 3.89. The van der Waals surface area contributed by atoms with Gasteiger partial charge in [-0.2, -0.15) is 0 Å². The van der Waals surface area contributed by atoms with Crippen LogP contribution < -0.4 is 0 Å². The van der Waals surface area contributed by atoms with Gasteiger partial charge in [0.05, 0.1) is 13.2 Å². The molecule has 0 atom stereocenters. The zero-order valence-corrected chi connectivity index (χ0v) is 13.0. The van der Waals surface area contributed by atoms with Crippen LogP contribution in [0.2, 0.25) is 0 Å². The lowest BCUT2D eigenvalue weighted by molar-refractivity contribution is -0.137. The first-order valence-corrected chi connectivity index (χ1v) is 8.38. The highest BCUT2D eigenvalue weighted by atomic mass is 31.2. The highest BCUT2D eigenvalue weighted by molar-refractivity contribution is 7.53. The molecule has 0 N–H and O–H groups in total. The Balaban J connectivity index is 4.34. The van der Waals surface area contributed by atoms with E-state index in [-0.39, 0.29) is 11.9 Å². The van der Waals surface area contributed by atoms with Gasteiger partial charge in [0.15, 0.2) is 6.35 Å². The topological polar surface area (TPSA) is 61.8 Å². The van der Waals surface area contributed by atoms with E-state index in [9.17, 15) is 9.36 Å². The number of hydrogen-bond acceptors (Lipinski definition) is 5. The molecule has 112 valence electrons. The number of esters is 1. The van der Waals surface area contributed by atoms with E-state index in [1.54, 1.807) is 0 Å². The van der Waals surface area contributed by atoms with Crippen molar-refractivity contribution in [3.8, 4) is 0 Å². The molecule has 0 saturated heterocycles. The minimum absolute atomic E-state index is 0.258. The Hall–Kier alpha value is -0.640. The monoisotopic (exact) mass is 292 g/mol. The highest BCUT2D eigenvalue weighted by Gasteiger charge is 2.26. The van der Waals surface area contributed by atoms with Crippen LogP contribution in [-0.2, 0) is 23.1 Å². The summed E-state index contributed by atoms with van der Waals surface area (Å²) in [5.74, 6) is -0.585. The van der Waals surface area contributed by atoms with Crippen LogP contribution in [0.5, 0.6) is 0 Å². The fourth-order valence-electron chi connectivity index (χ4n) is 1.07. The smallest absolute Gasteiger partial charge is 0.367 e. The average molecular weight is 292 g/mol. The normalized spacial score (nSPS) is 11.3. The molecule has 0 aromatic rings. The molecule has 0 aliphatic carbocycles. The summed E-state index contributed by atoms with van der Waals surface area (Å²) in [6.45, 7) is 9.68. The Morgan fingerprint density at radius 3 is 1.95 bits per heavy atom. The quantitative estimate of drug-likeness (QED) is 0.250.